The van der Waals surface area contributed by atoms with Gasteiger partial charge in [-0.2, -0.15) is 4.31 Å². The normalized spacial score (nSPS) is 15.3. The summed E-state index contributed by atoms with van der Waals surface area (Å²) in [5.74, 6) is -0.133. The Hall–Kier alpha value is -1.87. The highest BCUT2D eigenvalue weighted by atomic mass is 32.2. The molecule has 0 N–H and O–H groups in total. The number of carbonyl (C=O) groups is 1. The summed E-state index contributed by atoms with van der Waals surface area (Å²) in [5.41, 5.74) is 1.75. The molecule has 1 aliphatic heterocycles. The first-order valence-electron chi connectivity index (χ1n) is 8.98. The SMILES string of the molecule is Cc1ccccc1SCC(=O)OCc1cccc(S(=O)(=O)N2CCOCC2)c1. The third kappa shape index (κ3) is 5.35. The zero-order chi connectivity index (χ0) is 20.0. The van der Waals surface area contributed by atoms with Gasteiger partial charge in [-0.05, 0) is 36.2 Å². The van der Waals surface area contributed by atoms with E-state index >= 15 is 0 Å². The number of thioether (sulfide) groups is 1. The van der Waals surface area contributed by atoms with Crippen LogP contribution in [0.15, 0.2) is 58.3 Å². The predicted molar refractivity (Wildman–Crippen MR) is 108 cm³/mol. The van der Waals surface area contributed by atoms with Crippen LogP contribution in [0.1, 0.15) is 11.1 Å². The minimum absolute atomic E-state index is 0.0413. The van der Waals surface area contributed by atoms with Crippen molar-refractivity contribution in [2.75, 3.05) is 32.1 Å². The molecule has 0 saturated carbocycles. The molecule has 1 fully saturated rings. The van der Waals surface area contributed by atoms with E-state index in [4.69, 9.17) is 9.47 Å². The standard InChI is InChI=1S/C20H23NO5S2/c1-16-5-2-3-8-19(16)27-15-20(22)26-14-17-6-4-7-18(13-17)28(23,24)21-9-11-25-12-10-21/h2-8,13H,9-12,14-15H2,1H3. The van der Waals surface area contributed by atoms with E-state index in [1.807, 2.05) is 31.2 Å². The second kappa shape index (κ2) is 9.56. The number of sulfonamides is 1. The molecular formula is C20H23NO5S2. The zero-order valence-electron chi connectivity index (χ0n) is 15.7. The molecular weight excluding hydrogens is 398 g/mol. The Kier molecular flexibility index (Phi) is 7.12. The van der Waals surface area contributed by atoms with Crippen LogP contribution in [-0.4, -0.2) is 50.7 Å². The Morgan fingerprint density at radius 3 is 2.64 bits per heavy atom. The number of ether oxygens (including phenoxy) is 2. The van der Waals surface area contributed by atoms with E-state index in [0.29, 0.717) is 31.9 Å². The maximum atomic E-state index is 12.7. The van der Waals surface area contributed by atoms with Crippen LogP contribution in [0.3, 0.4) is 0 Å². The van der Waals surface area contributed by atoms with E-state index in [9.17, 15) is 13.2 Å². The molecule has 0 bridgehead atoms. The molecule has 1 heterocycles. The molecule has 150 valence electrons. The van der Waals surface area contributed by atoms with Crippen molar-refractivity contribution in [1.82, 2.24) is 4.31 Å². The summed E-state index contributed by atoms with van der Waals surface area (Å²) in [5, 5.41) is 0. The summed E-state index contributed by atoms with van der Waals surface area (Å²) >= 11 is 1.43. The highest BCUT2D eigenvalue weighted by Gasteiger charge is 2.26. The van der Waals surface area contributed by atoms with Gasteiger partial charge in [0.15, 0.2) is 0 Å². The number of hydrogen-bond acceptors (Lipinski definition) is 6. The highest BCUT2D eigenvalue weighted by Crippen LogP contribution is 2.22. The number of morpholine rings is 1. The van der Waals surface area contributed by atoms with Crippen LogP contribution in [0.4, 0.5) is 0 Å². The first kappa shape index (κ1) is 20.9. The van der Waals surface area contributed by atoms with E-state index in [2.05, 4.69) is 0 Å². The average Bonchev–Trinajstić information content (AvgIpc) is 2.72. The molecule has 0 aromatic heterocycles. The molecule has 2 aromatic rings. The Bertz CT molecular complexity index is 924. The molecule has 6 nitrogen and oxygen atoms in total. The Morgan fingerprint density at radius 2 is 1.89 bits per heavy atom. The van der Waals surface area contributed by atoms with Gasteiger partial charge >= 0.3 is 5.97 Å². The lowest BCUT2D eigenvalue weighted by molar-refractivity contribution is -0.141. The summed E-state index contributed by atoms with van der Waals surface area (Å²) < 4.78 is 37.4. The maximum Gasteiger partial charge on any atom is 0.316 e. The van der Waals surface area contributed by atoms with Gasteiger partial charge < -0.3 is 9.47 Å². The maximum absolute atomic E-state index is 12.7. The van der Waals surface area contributed by atoms with Crippen LogP contribution in [0, 0.1) is 6.92 Å². The summed E-state index contributed by atoms with van der Waals surface area (Å²) in [6.45, 7) is 3.52. The number of esters is 1. The third-order valence-electron chi connectivity index (χ3n) is 4.35. The van der Waals surface area contributed by atoms with Crippen molar-refractivity contribution in [1.29, 1.82) is 0 Å². The van der Waals surface area contributed by atoms with E-state index < -0.39 is 10.0 Å². The third-order valence-corrected chi connectivity index (χ3v) is 7.39. The summed E-state index contributed by atoms with van der Waals surface area (Å²) in [4.78, 5) is 13.3. The molecule has 1 saturated heterocycles. The molecule has 0 atom stereocenters. The topological polar surface area (TPSA) is 72.9 Å². The second-order valence-corrected chi connectivity index (χ2v) is 9.33. The Morgan fingerprint density at radius 1 is 1.14 bits per heavy atom. The molecule has 0 spiro atoms. The average molecular weight is 422 g/mol. The van der Waals surface area contributed by atoms with Crippen molar-refractivity contribution in [2.24, 2.45) is 0 Å². The van der Waals surface area contributed by atoms with Crippen molar-refractivity contribution < 1.29 is 22.7 Å². The van der Waals surface area contributed by atoms with E-state index in [1.165, 1.54) is 16.1 Å². The number of rotatable bonds is 7. The molecule has 0 aliphatic carbocycles. The van der Waals surface area contributed by atoms with Crippen LogP contribution in [0.2, 0.25) is 0 Å². The van der Waals surface area contributed by atoms with E-state index in [0.717, 1.165) is 10.5 Å². The molecule has 0 unspecified atom stereocenters. The minimum atomic E-state index is -3.57. The minimum Gasteiger partial charge on any atom is -0.460 e. The van der Waals surface area contributed by atoms with Crippen molar-refractivity contribution in [3.63, 3.8) is 0 Å². The largest absolute Gasteiger partial charge is 0.460 e. The molecule has 0 amide bonds. The van der Waals surface area contributed by atoms with Gasteiger partial charge in [-0.3, -0.25) is 4.79 Å². The lowest BCUT2D eigenvalue weighted by atomic mass is 10.2. The van der Waals surface area contributed by atoms with Crippen LogP contribution in [-0.2, 0) is 30.9 Å². The van der Waals surface area contributed by atoms with E-state index in [-0.39, 0.29) is 23.2 Å². The quantitative estimate of drug-likeness (QED) is 0.506. The van der Waals surface area contributed by atoms with Crippen LogP contribution < -0.4 is 0 Å². The van der Waals surface area contributed by atoms with Gasteiger partial charge in [-0.15, -0.1) is 11.8 Å². The predicted octanol–water partition coefficient (Wildman–Crippen LogP) is 2.85. The van der Waals surface area contributed by atoms with Crippen LogP contribution in [0.25, 0.3) is 0 Å². The fourth-order valence-corrected chi connectivity index (χ4v) is 5.10. The first-order valence-corrected chi connectivity index (χ1v) is 11.4. The Balaban J connectivity index is 1.57. The van der Waals surface area contributed by atoms with Crippen molar-refractivity contribution in [3.05, 3.63) is 59.7 Å². The molecule has 28 heavy (non-hydrogen) atoms. The number of carbonyl (C=O) groups excluding carboxylic acids is 1. The first-order chi connectivity index (χ1) is 13.5. The molecule has 8 heteroatoms. The number of nitrogens with zero attached hydrogens (tertiary/aromatic N) is 1. The summed E-state index contributed by atoms with van der Waals surface area (Å²) in [6.07, 6.45) is 0. The van der Waals surface area contributed by atoms with Gasteiger partial charge in [-0.1, -0.05) is 30.3 Å². The lowest BCUT2D eigenvalue weighted by Crippen LogP contribution is -2.40. The fourth-order valence-electron chi connectivity index (χ4n) is 2.79. The highest BCUT2D eigenvalue weighted by molar-refractivity contribution is 8.00. The number of aryl methyl sites for hydroxylation is 1. The molecule has 1 aliphatic rings. The Labute approximate surface area is 169 Å². The number of hydrogen-bond donors (Lipinski definition) is 0. The van der Waals surface area contributed by atoms with Gasteiger partial charge in [0.2, 0.25) is 10.0 Å². The van der Waals surface area contributed by atoms with Crippen molar-refractivity contribution in [3.8, 4) is 0 Å². The van der Waals surface area contributed by atoms with Crippen molar-refractivity contribution in [2.45, 2.75) is 23.3 Å². The van der Waals surface area contributed by atoms with Gasteiger partial charge in [0.1, 0.15) is 6.61 Å². The van der Waals surface area contributed by atoms with Gasteiger partial charge in [0.05, 0.1) is 23.9 Å². The fraction of sp³-hybridized carbons (Fsp3) is 0.350. The van der Waals surface area contributed by atoms with Gasteiger partial charge in [0.25, 0.3) is 0 Å². The molecule has 3 rings (SSSR count). The monoisotopic (exact) mass is 421 g/mol. The van der Waals surface area contributed by atoms with Gasteiger partial charge in [-0.25, -0.2) is 8.42 Å². The van der Waals surface area contributed by atoms with E-state index in [1.54, 1.807) is 24.3 Å². The molecule has 0 radical (unpaired) electrons. The molecule has 2 aromatic carbocycles. The zero-order valence-corrected chi connectivity index (χ0v) is 17.3. The lowest BCUT2D eigenvalue weighted by Gasteiger charge is -2.26. The second-order valence-electron chi connectivity index (χ2n) is 6.38. The van der Waals surface area contributed by atoms with Crippen molar-refractivity contribution >= 4 is 27.8 Å². The van der Waals surface area contributed by atoms with Gasteiger partial charge in [0, 0.05) is 18.0 Å². The summed E-state index contributed by atoms with van der Waals surface area (Å²) in [7, 11) is -3.57. The van der Waals surface area contributed by atoms with Crippen LogP contribution >= 0.6 is 11.8 Å². The summed E-state index contributed by atoms with van der Waals surface area (Å²) in [6, 6.07) is 14.4. The van der Waals surface area contributed by atoms with Crippen LogP contribution in [0.5, 0.6) is 0 Å². The smallest absolute Gasteiger partial charge is 0.316 e. The number of benzene rings is 2.